The normalized spacial score (nSPS) is 10.0. The van der Waals surface area contributed by atoms with E-state index in [9.17, 15) is 4.79 Å². The van der Waals surface area contributed by atoms with Crippen LogP contribution in [0.5, 0.6) is 5.75 Å². The highest BCUT2D eigenvalue weighted by molar-refractivity contribution is 5.92. The van der Waals surface area contributed by atoms with E-state index in [1.807, 2.05) is 50.2 Å². The molecule has 2 aromatic rings. The number of para-hydroxylation sites is 1. The zero-order chi connectivity index (χ0) is 12.3. The highest BCUT2D eigenvalue weighted by Crippen LogP contribution is 2.18. The maximum absolute atomic E-state index is 12.0. The number of rotatable bonds is 2. The molecule has 0 aliphatic heterocycles. The van der Waals surface area contributed by atoms with E-state index in [4.69, 9.17) is 4.74 Å². The van der Waals surface area contributed by atoms with Gasteiger partial charge in [-0.1, -0.05) is 36.4 Å². The molecule has 0 spiro atoms. The van der Waals surface area contributed by atoms with Crippen molar-refractivity contribution in [3.05, 3.63) is 65.2 Å². The van der Waals surface area contributed by atoms with Crippen molar-refractivity contribution < 1.29 is 9.53 Å². The van der Waals surface area contributed by atoms with Gasteiger partial charge >= 0.3 is 5.97 Å². The van der Waals surface area contributed by atoms with E-state index in [2.05, 4.69) is 0 Å². The molecule has 0 bridgehead atoms. The standard InChI is InChI=1S/C15H14O2/c1-11-7-3-5-9-13(11)15(16)17-14-10-6-4-8-12(14)2/h3-10H,1-2H3. The molecule has 2 heteroatoms. The van der Waals surface area contributed by atoms with Crippen LogP contribution < -0.4 is 4.74 Å². The molecule has 0 radical (unpaired) electrons. The van der Waals surface area contributed by atoms with Gasteiger partial charge < -0.3 is 4.74 Å². The third kappa shape index (κ3) is 2.53. The molecule has 0 amide bonds. The smallest absolute Gasteiger partial charge is 0.343 e. The predicted octanol–water partition coefficient (Wildman–Crippen LogP) is 3.52. The maximum atomic E-state index is 12.0. The Hall–Kier alpha value is -2.09. The van der Waals surface area contributed by atoms with Gasteiger partial charge in [-0.05, 0) is 37.1 Å². The number of carbonyl (C=O) groups is 1. The number of ether oxygens (including phenoxy) is 1. The zero-order valence-electron chi connectivity index (χ0n) is 9.94. The van der Waals surface area contributed by atoms with Crippen molar-refractivity contribution in [2.24, 2.45) is 0 Å². The van der Waals surface area contributed by atoms with E-state index in [1.165, 1.54) is 0 Å². The summed E-state index contributed by atoms with van der Waals surface area (Å²) >= 11 is 0. The molecule has 0 N–H and O–H groups in total. The van der Waals surface area contributed by atoms with Crippen LogP contribution in [-0.4, -0.2) is 5.97 Å². The first-order chi connectivity index (χ1) is 8.18. The van der Waals surface area contributed by atoms with Crippen molar-refractivity contribution >= 4 is 5.97 Å². The average Bonchev–Trinajstić information content (AvgIpc) is 2.32. The Bertz CT molecular complexity index is 544. The van der Waals surface area contributed by atoms with Gasteiger partial charge in [0.05, 0.1) is 5.56 Å². The van der Waals surface area contributed by atoms with E-state index in [0.717, 1.165) is 11.1 Å². The predicted molar refractivity (Wildman–Crippen MR) is 67.3 cm³/mol. The summed E-state index contributed by atoms with van der Waals surface area (Å²) < 4.78 is 5.37. The zero-order valence-corrected chi connectivity index (χ0v) is 9.94. The Morgan fingerprint density at radius 3 is 2.12 bits per heavy atom. The van der Waals surface area contributed by atoms with E-state index >= 15 is 0 Å². The van der Waals surface area contributed by atoms with Gasteiger partial charge in [0.2, 0.25) is 0 Å². The molecule has 0 unspecified atom stereocenters. The van der Waals surface area contributed by atoms with Gasteiger partial charge in [-0.25, -0.2) is 4.79 Å². The Labute approximate surface area is 101 Å². The van der Waals surface area contributed by atoms with Crippen LogP contribution in [0.1, 0.15) is 21.5 Å². The second kappa shape index (κ2) is 4.83. The Kier molecular flexibility index (Phi) is 3.24. The van der Waals surface area contributed by atoms with Crippen LogP contribution in [-0.2, 0) is 0 Å². The van der Waals surface area contributed by atoms with Crippen LogP contribution in [0, 0.1) is 13.8 Å². The van der Waals surface area contributed by atoms with Gasteiger partial charge in [-0.2, -0.15) is 0 Å². The number of hydrogen-bond donors (Lipinski definition) is 0. The lowest BCUT2D eigenvalue weighted by atomic mass is 10.1. The van der Waals surface area contributed by atoms with Crippen molar-refractivity contribution in [2.45, 2.75) is 13.8 Å². The molecular formula is C15H14O2. The highest BCUT2D eigenvalue weighted by Gasteiger charge is 2.11. The lowest BCUT2D eigenvalue weighted by molar-refractivity contribution is 0.0733. The average molecular weight is 226 g/mol. The third-order valence-corrected chi connectivity index (χ3v) is 2.66. The van der Waals surface area contributed by atoms with E-state index in [-0.39, 0.29) is 5.97 Å². The molecule has 0 fully saturated rings. The molecule has 0 atom stereocenters. The number of esters is 1. The fraction of sp³-hybridized carbons (Fsp3) is 0.133. The minimum absolute atomic E-state index is 0.308. The second-order valence-electron chi connectivity index (χ2n) is 3.97. The first-order valence-corrected chi connectivity index (χ1v) is 5.52. The molecule has 0 saturated carbocycles. The van der Waals surface area contributed by atoms with Crippen LogP contribution in [0.15, 0.2) is 48.5 Å². The number of aryl methyl sites for hydroxylation is 2. The van der Waals surface area contributed by atoms with Gasteiger partial charge in [-0.3, -0.25) is 0 Å². The Balaban J connectivity index is 2.24. The van der Waals surface area contributed by atoms with Crippen LogP contribution in [0.2, 0.25) is 0 Å². The summed E-state index contributed by atoms with van der Waals surface area (Å²) in [4.78, 5) is 12.0. The van der Waals surface area contributed by atoms with Crippen molar-refractivity contribution in [3.8, 4) is 5.75 Å². The molecule has 0 aliphatic carbocycles. The molecular weight excluding hydrogens is 212 g/mol. The molecule has 86 valence electrons. The van der Waals surface area contributed by atoms with Gasteiger partial charge in [0.1, 0.15) is 5.75 Å². The first kappa shape index (κ1) is 11.4. The molecule has 2 aromatic carbocycles. The summed E-state index contributed by atoms with van der Waals surface area (Å²) in [5.74, 6) is 0.304. The van der Waals surface area contributed by atoms with Gasteiger partial charge in [0, 0.05) is 0 Å². The van der Waals surface area contributed by atoms with Crippen LogP contribution in [0.4, 0.5) is 0 Å². The molecule has 0 aromatic heterocycles. The van der Waals surface area contributed by atoms with Crippen molar-refractivity contribution in [1.29, 1.82) is 0 Å². The lowest BCUT2D eigenvalue weighted by Crippen LogP contribution is -2.10. The van der Waals surface area contributed by atoms with Crippen LogP contribution in [0.25, 0.3) is 0 Å². The minimum Gasteiger partial charge on any atom is -0.423 e. The molecule has 2 rings (SSSR count). The van der Waals surface area contributed by atoms with Crippen LogP contribution >= 0.6 is 0 Å². The number of carbonyl (C=O) groups excluding carboxylic acids is 1. The monoisotopic (exact) mass is 226 g/mol. The molecule has 0 saturated heterocycles. The van der Waals surface area contributed by atoms with E-state index in [1.54, 1.807) is 12.1 Å². The van der Waals surface area contributed by atoms with Gasteiger partial charge in [0.25, 0.3) is 0 Å². The Morgan fingerprint density at radius 1 is 0.882 bits per heavy atom. The molecule has 2 nitrogen and oxygen atoms in total. The minimum atomic E-state index is -0.308. The fourth-order valence-electron chi connectivity index (χ4n) is 1.63. The van der Waals surface area contributed by atoms with Crippen LogP contribution in [0.3, 0.4) is 0 Å². The number of benzene rings is 2. The SMILES string of the molecule is Cc1ccccc1OC(=O)c1ccccc1C. The maximum Gasteiger partial charge on any atom is 0.343 e. The fourth-order valence-corrected chi connectivity index (χ4v) is 1.63. The van der Waals surface area contributed by atoms with Gasteiger partial charge in [-0.15, -0.1) is 0 Å². The summed E-state index contributed by atoms with van der Waals surface area (Å²) in [6, 6.07) is 14.9. The molecule has 17 heavy (non-hydrogen) atoms. The quantitative estimate of drug-likeness (QED) is 0.578. The van der Waals surface area contributed by atoms with E-state index in [0.29, 0.717) is 11.3 Å². The molecule has 0 aliphatic rings. The van der Waals surface area contributed by atoms with E-state index < -0.39 is 0 Å². The summed E-state index contributed by atoms with van der Waals surface area (Å²) in [5, 5.41) is 0. The first-order valence-electron chi connectivity index (χ1n) is 5.52. The summed E-state index contributed by atoms with van der Waals surface area (Å²) in [5.41, 5.74) is 2.48. The molecule has 0 heterocycles. The largest absolute Gasteiger partial charge is 0.423 e. The summed E-state index contributed by atoms with van der Waals surface area (Å²) in [7, 11) is 0. The van der Waals surface area contributed by atoms with Crippen molar-refractivity contribution in [1.82, 2.24) is 0 Å². The topological polar surface area (TPSA) is 26.3 Å². The second-order valence-corrected chi connectivity index (χ2v) is 3.97. The summed E-state index contributed by atoms with van der Waals surface area (Å²) in [6.07, 6.45) is 0. The Morgan fingerprint density at radius 2 is 1.47 bits per heavy atom. The summed E-state index contributed by atoms with van der Waals surface area (Å²) in [6.45, 7) is 3.81. The lowest BCUT2D eigenvalue weighted by Gasteiger charge is -2.08. The van der Waals surface area contributed by atoms with Crippen molar-refractivity contribution in [3.63, 3.8) is 0 Å². The third-order valence-electron chi connectivity index (χ3n) is 2.66. The van der Waals surface area contributed by atoms with Crippen molar-refractivity contribution in [2.75, 3.05) is 0 Å². The van der Waals surface area contributed by atoms with Gasteiger partial charge in [0.15, 0.2) is 0 Å². The number of hydrogen-bond acceptors (Lipinski definition) is 2. The highest BCUT2D eigenvalue weighted by atomic mass is 16.5.